The minimum absolute atomic E-state index is 0.161. The summed E-state index contributed by atoms with van der Waals surface area (Å²) < 4.78 is 27.2. The second-order valence-corrected chi connectivity index (χ2v) is 9.56. The van der Waals surface area contributed by atoms with E-state index < -0.39 is 15.9 Å². The van der Waals surface area contributed by atoms with Gasteiger partial charge in [0.1, 0.15) is 0 Å². The maximum absolute atomic E-state index is 12.9. The number of aromatic nitrogens is 1. The average Bonchev–Trinajstić information content (AvgIpc) is 2.65. The minimum atomic E-state index is -3.66. The summed E-state index contributed by atoms with van der Waals surface area (Å²) in [5.41, 5.74) is 3.30. The maximum atomic E-state index is 12.9. The second kappa shape index (κ2) is 8.19. The predicted octanol–water partition coefficient (Wildman–Crippen LogP) is 3.70. The van der Waals surface area contributed by atoms with Crippen molar-refractivity contribution in [3.05, 3.63) is 52.3 Å². The van der Waals surface area contributed by atoms with Crippen LogP contribution in [0.1, 0.15) is 29.8 Å². The molecule has 1 fully saturated rings. The van der Waals surface area contributed by atoms with E-state index in [0.717, 1.165) is 17.0 Å². The minimum Gasteiger partial charge on any atom is -0.324 e. The summed E-state index contributed by atoms with van der Waals surface area (Å²) in [5.74, 6) is -0.580. The Morgan fingerprint density at radius 3 is 2.54 bits per heavy atom. The number of carbonyl (C=O) groups excluding carboxylic acids is 1. The van der Waals surface area contributed by atoms with Crippen LogP contribution in [0.4, 0.5) is 5.69 Å². The molecule has 3 rings (SSSR count). The van der Waals surface area contributed by atoms with Gasteiger partial charge in [0.15, 0.2) is 0 Å². The third kappa shape index (κ3) is 4.37. The lowest BCUT2D eigenvalue weighted by Gasteiger charge is -2.31. The van der Waals surface area contributed by atoms with Gasteiger partial charge in [-0.2, -0.15) is 4.31 Å². The van der Waals surface area contributed by atoms with Gasteiger partial charge in [0.25, 0.3) is 0 Å². The average molecular weight is 422 g/mol. The van der Waals surface area contributed by atoms with E-state index in [2.05, 4.69) is 10.3 Å². The van der Waals surface area contributed by atoms with Gasteiger partial charge in [-0.05, 0) is 69.5 Å². The highest BCUT2D eigenvalue weighted by atomic mass is 35.5. The van der Waals surface area contributed by atoms with Gasteiger partial charge in [-0.1, -0.05) is 11.6 Å². The Hall–Kier alpha value is -1.96. The number of sulfonamides is 1. The summed E-state index contributed by atoms with van der Waals surface area (Å²) in [6, 6.07) is 8.01. The number of amides is 1. The van der Waals surface area contributed by atoms with E-state index in [-0.39, 0.29) is 17.3 Å². The zero-order valence-electron chi connectivity index (χ0n) is 16.2. The van der Waals surface area contributed by atoms with Crippen molar-refractivity contribution in [2.24, 2.45) is 5.92 Å². The van der Waals surface area contributed by atoms with Crippen molar-refractivity contribution in [1.82, 2.24) is 9.29 Å². The summed E-state index contributed by atoms with van der Waals surface area (Å²) in [7, 11) is -3.66. The Morgan fingerprint density at radius 1 is 1.21 bits per heavy atom. The number of nitrogens with zero attached hydrogens (tertiary/aromatic N) is 2. The first kappa shape index (κ1) is 20.8. The molecule has 1 unspecified atom stereocenters. The van der Waals surface area contributed by atoms with Gasteiger partial charge < -0.3 is 5.32 Å². The number of halogens is 1. The molecule has 0 spiro atoms. The maximum Gasteiger partial charge on any atom is 0.243 e. The lowest BCUT2D eigenvalue weighted by atomic mass is 9.98. The van der Waals surface area contributed by atoms with Crippen LogP contribution >= 0.6 is 11.6 Å². The Labute approximate surface area is 171 Å². The van der Waals surface area contributed by atoms with Gasteiger partial charge >= 0.3 is 0 Å². The molecule has 1 aromatic heterocycles. The first-order chi connectivity index (χ1) is 13.2. The Balaban J connectivity index is 1.76. The SMILES string of the molecule is Cc1cc(C)c(NC(=O)C2CCCN(S(=O)(=O)c3ccc(Cl)cc3)C2)c(C)n1. The molecule has 1 N–H and O–H groups in total. The quantitative estimate of drug-likeness (QED) is 0.816. The van der Waals surface area contributed by atoms with Gasteiger partial charge in [-0.3, -0.25) is 9.78 Å². The molecule has 0 aliphatic carbocycles. The van der Waals surface area contributed by atoms with Crippen LogP contribution in [0, 0.1) is 26.7 Å². The third-order valence-corrected chi connectivity index (χ3v) is 7.11. The number of benzene rings is 1. The second-order valence-electron chi connectivity index (χ2n) is 7.19. The van der Waals surface area contributed by atoms with Crippen LogP contribution in [0.25, 0.3) is 0 Å². The van der Waals surface area contributed by atoms with Crippen LogP contribution in [0.15, 0.2) is 35.2 Å². The van der Waals surface area contributed by atoms with E-state index in [1.54, 1.807) is 12.1 Å². The largest absolute Gasteiger partial charge is 0.324 e. The zero-order chi connectivity index (χ0) is 20.5. The summed E-state index contributed by atoms with van der Waals surface area (Å²) in [5, 5.41) is 3.43. The predicted molar refractivity (Wildman–Crippen MR) is 110 cm³/mol. The van der Waals surface area contributed by atoms with E-state index in [9.17, 15) is 13.2 Å². The monoisotopic (exact) mass is 421 g/mol. The number of piperidine rings is 1. The summed E-state index contributed by atoms with van der Waals surface area (Å²) in [6.07, 6.45) is 1.28. The van der Waals surface area contributed by atoms with Crippen LogP contribution in [-0.2, 0) is 14.8 Å². The van der Waals surface area contributed by atoms with Gasteiger partial charge in [0.2, 0.25) is 15.9 Å². The Kier molecular flexibility index (Phi) is 6.07. The smallest absolute Gasteiger partial charge is 0.243 e. The topological polar surface area (TPSA) is 79.4 Å². The molecule has 28 heavy (non-hydrogen) atoms. The summed E-state index contributed by atoms with van der Waals surface area (Å²) in [6.45, 7) is 6.25. The normalized spacial score (nSPS) is 18.1. The fourth-order valence-electron chi connectivity index (χ4n) is 3.57. The molecule has 150 valence electrons. The third-order valence-electron chi connectivity index (χ3n) is 4.98. The molecule has 1 aromatic carbocycles. The van der Waals surface area contributed by atoms with Crippen LogP contribution in [0.2, 0.25) is 5.02 Å². The molecule has 1 aliphatic rings. The van der Waals surface area contributed by atoms with Crippen molar-refractivity contribution in [3.8, 4) is 0 Å². The molecule has 2 aromatic rings. The van der Waals surface area contributed by atoms with E-state index in [1.807, 2.05) is 26.8 Å². The molecular formula is C20H24ClN3O3S. The number of aryl methyl sites for hydroxylation is 3. The molecular weight excluding hydrogens is 398 g/mol. The van der Waals surface area contributed by atoms with Crippen LogP contribution in [-0.4, -0.2) is 36.7 Å². The molecule has 1 saturated heterocycles. The number of anilines is 1. The number of pyridine rings is 1. The van der Waals surface area contributed by atoms with Crippen molar-refractivity contribution in [1.29, 1.82) is 0 Å². The van der Waals surface area contributed by atoms with Crippen LogP contribution in [0.5, 0.6) is 0 Å². The van der Waals surface area contributed by atoms with E-state index in [0.29, 0.717) is 30.1 Å². The number of nitrogens with one attached hydrogen (secondary N) is 1. The molecule has 0 radical (unpaired) electrons. The summed E-state index contributed by atoms with van der Waals surface area (Å²) in [4.78, 5) is 17.4. The lowest BCUT2D eigenvalue weighted by Crippen LogP contribution is -2.43. The molecule has 1 atom stereocenters. The van der Waals surface area contributed by atoms with Gasteiger partial charge in [0, 0.05) is 23.8 Å². The zero-order valence-corrected chi connectivity index (χ0v) is 17.8. The van der Waals surface area contributed by atoms with Crippen LogP contribution < -0.4 is 5.32 Å². The first-order valence-corrected chi connectivity index (χ1v) is 11.0. The molecule has 0 bridgehead atoms. The van der Waals surface area contributed by atoms with E-state index in [1.165, 1.54) is 16.4 Å². The molecule has 1 aliphatic heterocycles. The first-order valence-electron chi connectivity index (χ1n) is 9.20. The van der Waals surface area contributed by atoms with Crippen LogP contribution in [0.3, 0.4) is 0 Å². The molecule has 0 saturated carbocycles. The summed E-state index contributed by atoms with van der Waals surface area (Å²) >= 11 is 5.86. The number of hydrogen-bond acceptors (Lipinski definition) is 4. The molecule has 6 nitrogen and oxygen atoms in total. The fraction of sp³-hybridized carbons (Fsp3) is 0.400. The van der Waals surface area contributed by atoms with Crippen molar-refractivity contribution in [2.45, 2.75) is 38.5 Å². The highest BCUT2D eigenvalue weighted by molar-refractivity contribution is 7.89. The fourth-order valence-corrected chi connectivity index (χ4v) is 5.22. The van der Waals surface area contributed by atoms with Crippen molar-refractivity contribution >= 4 is 33.2 Å². The van der Waals surface area contributed by atoms with Crippen molar-refractivity contribution in [3.63, 3.8) is 0 Å². The van der Waals surface area contributed by atoms with Gasteiger partial charge in [-0.25, -0.2) is 8.42 Å². The molecule has 1 amide bonds. The highest BCUT2D eigenvalue weighted by Gasteiger charge is 2.33. The molecule has 2 heterocycles. The molecule has 8 heteroatoms. The van der Waals surface area contributed by atoms with Gasteiger partial charge in [0.05, 0.1) is 22.2 Å². The standard InChI is InChI=1S/C20H24ClN3O3S/c1-13-11-14(2)22-15(3)19(13)23-20(25)16-5-4-10-24(12-16)28(26,27)18-8-6-17(21)7-9-18/h6-9,11,16H,4-5,10,12H2,1-3H3,(H,23,25). The number of hydrogen-bond donors (Lipinski definition) is 1. The van der Waals surface area contributed by atoms with E-state index in [4.69, 9.17) is 11.6 Å². The Morgan fingerprint density at radius 2 is 1.89 bits per heavy atom. The highest BCUT2D eigenvalue weighted by Crippen LogP contribution is 2.27. The number of carbonyl (C=O) groups is 1. The Bertz CT molecular complexity index is 967. The lowest BCUT2D eigenvalue weighted by molar-refractivity contribution is -0.120. The van der Waals surface area contributed by atoms with Crippen molar-refractivity contribution < 1.29 is 13.2 Å². The van der Waals surface area contributed by atoms with Gasteiger partial charge in [-0.15, -0.1) is 0 Å². The van der Waals surface area contributed by atoms with Crippen molar-refractivity contribution in [2.75, 3.05) is 18.4 Å². The number of rotatable bonds is 4. The van der Waals surface area contributed by atoms with E-state index >= 15 is 0 Å².